The molecule has 1 aromatic rings. The van der Waals surface area contributed by atoms with Crippen molar-refractivity contribution in [3.63, 3.8) is 0 Å². The maximum absolute atomic E-state index is 13.7. The van der Waals surface area contributed by atoms with Gasteiger partial charge in [0.15, 0.2) is 0 Å². The Hall–Kier alpha value is -2.29. The standard InChI is InChI=1S/C21H27F3N2O4/c1-25(17(27)20(30,21(22,23)24)16-5-3-2-4-6-16)10-7-15-13-19(14-15)8-11-26(12-9-19)18(28)29/h2-6,15,30H,7-14H2,1H3,(H,28,29)/p-1/t20-/m1/s1. The molecule has 1 aromatic carbocycles. The second-order valence-electron chi connectivity index (χ2n) is 8.62. The topological polar surface area (TPSA) is 83.9 Å². The molecular weight excluding hydrogens is 401 g/mol. The minimum Gasteiger partial charge on any atom is -0.530 e. The first-order chi connectivity index (χ1) is 14.0. The molecule has 1 heterocycles. The Balaban J connectivity index is 1.56. The molecule has 30 heavy (non-hydrogen) atoms. The van der Waals surface area contributed by atoms with E-state index in [1.165, 1.54) is 30.1 Å². The van der Waals surface area contributed by atoms with E-state index in [0.717, 1.165) is 42.7 Å². The largest absolute Gasteiger partial charge is 0.530 e. The molecule has 9 heteroatoms. The summed E-state index contributed by atoms with van der Waals surface area (Å²) in [5.74, 6) is -1.12. The Kier molecular flexibility index (Phi) is 6.04. The van der Waals surface area contributed by atoms with E-state index < -0.39 is 29.3 Å². The number of carbonyl (C=O) groups is 2. The summed E-state index contributed by atoms with van der Waals surface area (Å²) >= 11 is 0. The summed E-state index contributed by atoms with van der Waals surface area (Å²) in [5.41, 5.74) is -3.99. The van der Waals surface area contributed by atoms with Gasteiger partial charge in [0.2, 0.25) is 0 Å². The predicted molar refractivity (Wildman–Crippen MR) is 100 cm³/mol. The number of hydrogen-bond acceptors (Lipinski definition) is 4. The van der Waals surface area contributed by atoms with Crippen LogP contribution in [0.3, 0.4) is 0 Å². The molecule has 1 spiro atoms. The van der Waals surface area contributed by atoms with E-state index in [-0.39, 0.29) is 17.9 Å². The minimum atomic E-state index is -5.15. The Morgan fingerprint density at radius 3 is 2.27 bits per heavy atom. The second kappa shape index (κ2) is 8.09. The van der Waals surface area contributed by atoms with Gasteiger partial charge in [0.05, 0.1) is 0 Å². The lowest BCUT2D eigenvalue weighted by atomic mass is 9.57. The van der Waals surface area contributed by atoms with Gasteiger partial charge in [-0.3, -0.25) is 4.79 Å². The average molecular weight is 427 g/mol. The number of amides is 2. The fourth-order valence-corrected chi connectivity index (χ4v) is 4.78. The molecule has 1 N–H and O–H groups in total. The van der Waals surface area contributed by atoms with Crippen molar-refractivity contribution in [2.75, 3.05) is 26.7 Å². The van der Waals surface area contributed by atoms with Gasteiger partial charge in [-0.1, -0.05) is 30.3 Å². The number of likely N-dealkylation sites (N-methyl/N-ethyl adjacent to an activating group) is 1. The zero-order valence-corrected chi connectivity index (χ0v) is 16.8. The van der Waals surface area contributed by atoms with Crippen LogP contribution in [0.2, 0.25) is 0 Å². The zero-order valence-electron chi connectivity index (χ0n) is 16.8. The fourth-order valence-electron chi connectivity index (χ4n) is 4.78. The maximum atomic E-state index is 13.7. The number of benzene rings is 1. The molecule has 0 aromatic heterocycles. The van der Waals surface area contributed by atoms with Crippen LogP contribution in [0, 0.1) is 11.3 Å². The highest BCUT2D eigenvalue weighted by Crippen LogP contribution is 2.53. The molecular formula is C21H26F3N2O4-. The number of piperidine rings is 1. The van der Waals surface area contributed by atoms with Gasteiger partial charge in [0.1, 0.15) is 6.09 Å². The van der Waals surface area contributed by atoms with E-state index in [4.69, 9.17) is 0 Å². The third kappa shape index (κ3) is 4.12. The summed E-state index contributed by atoms with van der Waals surface area (Å²) in [5, 5.41) is 21.3. The van der Waals surface area contributed by atoms with E-state index in [1.807, 2.05) is 0 Å². The van der Waals surface area contributed by atoms with Gasteiger partial charge in [0, 0.05) is 32.2 Å². The number of carboxylic acid groups (broad SMARTS) is 1. The maximum Gasteiger partial charge on any atom is 0.430 e. The molecule has 2 amide bonds. The Labute approximate surface area is 173 Å². The number of nitrogens with zero attached hydrogens (tertiary/aromatic N) is 2. The molecule has 1 aliphatic heterocycles. The quantitative estimate of drug-likeness (QED) is 0.780. The van der Waals surface area contributed by atoms with Gasteiger partial charge in [-0.15, -0.1) is 0 Å². The van der Waals surface area contributed by atoms with E-state index in [2.05, 4.69) is 0 Å². The van der Waals surface area contributed by atoms with Crippen molar-refractivity contribution in [2.24, 2.45) is 11.3 Å². The van der Waals surface area contributed by atoms with Crippen molar-refractivity contribution in [1.82, 2.24) is 9.80 Å². The molecule has 6 nitrogen and oxygen atoms in total. The smallest absolute Gasteiger partial charge is 0.430 e. The van der Waals surface area contributed by atoms with E-state index in [1.54, 1.807) is 0 Å². The minimum absolute atomic E-state index is 0.0932. The molecule has 0 radical (unpaired) electrons. The Morgan fingerprint density at radius 1 is 1.20 bits per heavy atom. The highest BCUT2D eigenvalue weighted by Gasteiger charge is 2.61. The van der Waals surface area contributed by atoms with Crippen LogP contribution in [0.5, 0.6) is 0 Å². The van der Waals surface area contributed by atoms with Crippen molar-refractivity contribution < 1.29 is 33.0 Å². The molecule has 1 atom stereocenters. The number of likely N-dealkylation sites (tertiary alicyclic amines) is 1. The number of aliphatic hydroxyl groups is 1. The number of alkyl halides is 3. The molecule has 1 aliphatic carbocycles. The fraction of sp³-hybridized carbons (Fsp3) is 0.619. The monoisotopic (exact) mass is 427 g/mol. The van der Waals surface area contributed by atoms with Crippen LogP contribution in [0.4, 0.5) is 18.0 Å². The van der Waals surface area contributed by atoms with Gasteiger partial charge in [-0.25, -0.2) is 0 Å². The summed E-state index contributed by atoms with van der Waals surface area (Å²) in [7, 11) is 1.27. The molecule has 1 saturated carbocycles. The zero-order chi connectivity index (χ0) is 22.2. The van der Waals surface area contributed by atoms with E-state index in [0.29, 0.717) is 19.5 Å². The van der Waals surface area contributed by atoms with Crippen LogP contribution in [0.25, 0.3) is 0 Å². The van der Waals surface area contributed by atoms with Gasteiger partial charge in [-0.05, 0) is 43.4 Å². The first-order valence-corrected chi connectivity index (χ1v) is 10.0. The van der Waals surface area contributed by atoms with Crippen molar-refractivity contribution in [3.8, 4) is 0 Å². The average Bonchev–Trinajstić information content (AvgIpc) is 2.69. The Morgan fingerprint density at radius 2 is 1.77 bits per heavy atom. The molecule has 2 aliphatic rings. The first kappa shape index (κ1) is 22.4. The van der Waals surface area contributed by atoms with E-state index >= 15 is 0 Å². The lowest BCUT2D eigenvalue weighted by Crippen LogP contribution is -2.55. The van der Waals surface area contributed by atoms with Gasteiger partial charge >= 0.3 is 6.18 Å². The summed E-state index contributed by atoms with van der Waals surface area (Å²) in [6.07, 6.45) is -2.50. The van der Waals surface area contributed by atoms with Crippen LogP contribution in [-0.4, -0.2) is 59.8 Å². The summed E-state index contributed by atoms with van der Waals surface area (Å²) < 4.78 is 41.0. The van der Waals surface area contributed by atoms with Crippen molar-refractivity contribution >= 4 is 12.0 Å². The third-order valence-electron chi connectivity index (χ3n) is 6.66. The lowest BCUT2D eigenvalue weighted by Gasteiger charge is -2.53. The number of hydrogen-bond donors (Lipinski definition) is 1. The lowest BCUT2D eigenvalue weighted by molar-refractivity contribution is -0.268. The number of carbonyl (C=O) groups excluding carboxylic acids is 2. The van der Waals surface area contributed by atoms with Crippen molar-refractivity contribution in [2.45, 2.75) is 43.9 Å². The highest BCUT2D eigenvalue weighted by atomic mass is 19.4. The van der Waals surface area contributed by atoms with Gasteiger partial charge in [-0.2, -0.15) is 13.2 Å². The molecule has 2 fully saturated rings. The molecule has 3 rings (SSSR count). The van der Waals surface area contributed by atoms with Crippen LogP contribution < -0.4 is 5.11 Å². The van der Waals surface area contributed by atoms with Crippen LogP contribution >= 0.6 is 0 Å². The molecule has 166 valence electrons. The summed E-state index contributed by atoms with van der Waals surface area (Å²) in [6.45, 7) is 1.00. The molecule has 0 bridgehead atoms. The van der Waals surface area contributed by atoms with Crippen molar-refractivity contribution in [3.05, 3.63) is 35.9 Å². The number of halogens is 3. The Bertz CT molecular complexity index is 770. The van der Waals surface area contributed by atoms with Crippen LogP contribution in [-0.2, 0) is 10.4 Å². The molecule has 0 unspecified atom stereocenters. The van der Waals surface area contributed by atoms with Gasteiger partial charge in [0.25, 0.3) is 11.5 Å². The summed E-state index contributed by atoms with van der Waals surface area (Å²) in [6, 6.07) is 6.39. The van der Waals surface area contributed by atoms with Gasteiger partial charge < -0.3 is 24.8 Å². The van der Waals surface area contributed by atoms with Crippen molar-refractivity contribution in [1.29, 1.82) is 0 Å². The SMILES string of the molecule is CN(CCC1CC2(CCN(C(=O)[O-])CC2)C1)C(=O)[C@](O)(c1ccccc1)C(F)(F)F. The van der Waals surface area contributed by atoms with Crippen LogP contribution in [0.1, 0.15) is 37.7 Å². The van der Waals surface area contributed by atoms with Crippen LogP contribution in [0.15, 0.2) is 30.3 Å². The number of rotatable bonds is 5. The molecule has 1 saturated heterocycles. The summed E-state index contributed by atoms with van der Waals surface area (Å²) in [4.78, 5) is 25.8. The highest BCUT2D eigenvalue weighted by molar-refractivity contribution is 5.87. The van der Waals surface area contributed by atoms with E-state index in [9.17, 15) is 33.0 Å². The first-order valence-electron chi connectivity index (χ1n) is 10.0. The normalized spacial score (nSPS) is 21.0. The predicted octanol–water partition coefficient (Wildman–Crippen LogP) is 2.12. The second-order valence-corrected chi connectivity index (χ2v) is 8.62. The third-order valence-corrected chi connectivity index (χ3v) is 6.66.